The van der Waals surface area contributed by atoms with Gasteiger partial charge in [0.1, 0.15) is 5.75 Å². The van der Waals surface area contributed by atoms with E-state index in [1.165, 1.54) is 44.1 Å². The molecule has 1 spiro atoms. The first-order valence-corrected chi connectivity index (χ1v) is 9.44. The summed E-state index contributed by atoms with van der Waals surface area (Å²) in [5.41, 5.74) is 3.48. The maximum Gasteiger partial charge on any atom is 0.119 e. The number of ether oxygens (including phenoxy) is 1. The highest BCUT2D eigenvalue weighted by Crippen LogP contribution is 2.90. The lowest BCUT2D eigenvalue weighted by molar-refractivity contribution is -0.0879. The van der Waals surface area contributed by atoms with Crippen LogP contribution in [0.1, 0.15) is 56.1 Å². The first kappa shape index (κ1) is 13.3. The second-order valence-corrected chi connectivity index (χ2v) is 9.29. The highest BCUT2D eigenvalue weighted by Gasteiger charge is 2.90. The van der Waals surface area contributed by atoms with Crippen LogP contribution in [0, 0.1) is 28.6 Å². The number of fused-ring (bicyclic) bond motifs is 3. The molecule has 2 nitrogen and oxygen atoms in total. The van der Waals surface area contributed by atoms with E-state index >= 15 is 0 Å². The molecular formula is C21H26O2. The van der Waals surface area contributed by atoms with Gasteiger partial charge in [0.2, 0.25) is 0 Å². The molecule has 1 aromatic rings. The zero-order valence-electron chi connectivity index (χ0n) is 14.1. The lowest BCUT2D eigenvalue weighted by atomic mass is 9.48. The molecule has 2 unspecified atom stereocenters. The van der Waals surface area contributed by atoms with Gasteiger partial charge in [0.05, 0.1) is 12.7 Å². The van der Waals surface area contributed by atoms with Gasteiger partial charge in [-0.3, -0.25) is 0 Å². The maximum absolute atomic E-state index is 11.3. The molecule has 0 aromatic heterocycles. The average molecular weight is 310 g/mol. The standard InChI is InChI=1S/C21H26O2/c1-19-8-7-15-14-5-4-13(23-2)9-12(14)3-6-16(15)20(19)10-17-18(11-20)21(17,19)22/h4-5,9,15-18,22H,3,6-8,10-11H2,1-2H3/t15-,16+,17-,18+,19+,20?,21?/m1/s1. The van der Waals surface area contributed by atoms with E-state index in [1.54, 1.807) is 12.7 Å². The van der Waals surface area contributed by atoms with E-state index in [1.807, 2.05) is 0 Å². The van der Waals surface area contributed by atoms with Gasteiger partial charge in [0, 0.05) is 5.41 Å². The molecule has 2 heteroatoms. The predicted molar refractivity (Wildman–Crippen MR) is 88.5 cm³/mol. The van der Waals surface area contributed by atoms with Crippen molar-refractivity contribution in [2.45, 2.75) is 57.0 Å². The molecule has 4 bridgehead atoms. The first-order chi connectivity index (χ1) is 11.0. The fourth-order valence-corrected chi connectivity index (χ4v) is 8.29. The molecule has 0 radical (unpaired) electrons. The van der Waals surface area contributed by atoms with Crippen LogP contribution < -0.4 is 4.74 Å². The van der Waals surface area contributed by atoms with Crippen molar-refractivity contribution >= 4 is 0 Å². The molecule has 5 fully saturated rings. The normalized spacial score (nSPS) is 54.2. The molecule has 1 aromatic carbocycles. The Bertz CT molecular complexity index is 711. The van der Waals surface area contributed by atoms with Crippen LogP contribution in [0.5, 0.6) is 5.75 Å². The van der Waals surface area contributed by atoms with Crippen LogP contribution >= 0.6 is 0 Å². The van der Waals surface area contributed by atoms with E-state index in [9.17, 15) is 5.11 Å². The van der Waals surface area contributed by atoms with Crippen molar-refractivity contribution in [2.24, 2.45) is 28.6 Å². The van der Waals surface area contributed by atoms with Crippen molar-refractivity contribution in [3.63, 3.8) is 0 Å². The van der Waals surface area contributed by atoms with Crippen LogP contribution in [-0.4, -0.2) is 17.8 Å². The van der Waals surface area contributed by atoms with Gasteiger partial charge in [-0.1, -0.05) is 13.0 Å². The van der Waals surface area contributed by atoms with E-state index in [-0.39, 0.29) is 11.0 Å². The smallest absolute Gasteiger partial charge is 0.119 e. The predicted octanol–water partition coefficient (Wildman–Crippen LogP) is 3.91. The molecule has 23 heavy (non-hydrogen) atoms. The van der Waals surface area contributed by atoms with Crippen LogP contribution in [0.15, 0.2) is 18.2 Å². The van der Waals surface area contributed by atoms with Gasteiger partial charge < -0.3 is 9.84 Å². The Morgan fingerprint density at radius 1 is 1.13 bits per heavy atom. The Kier molecular flexibility index (Phi) is 2.10. The third-order valence-electron chi connectivity index (χ3n) is 9.28. The lowest BCUT2D eigenvalue weighted by Crippen LogP contribution is -2.51. The molecule has 0 saturated heterocycles. The van der Waals surface area contributed by atoms with Gasteiger partial charge in [-0.05, 0) is 90.9 Å². The molecule has 6 aliphatic rings. The van der Waals surface area contributed by atoms with Gasteiger partial charge in [-0.25, -0.2) is 0 Å². The van der Waals surface area contributed by atoms with Gasteiger partial charge in [-0.2, -0.15) is 0 Å². The molecule has 5 saturated carbocycles. The summed E-state index contributed by atoms with van der Waals surface area (Å²) in [4.78, 5) is 0. The Hall–Kier alpha value is -1.02. The first-order valence-electron chi connectivity index (χ1n) is 9.44. The van der Waals surface area contributed by atoms with Gasteiger partial charge >= 0.3 is 0 Å². The number of rotatable bonds is 1. The summed E-state index contributed by atoms with van der Waals surface area (Å²) in [6.07, 6.45) is 7.64. The van der Waals surface area contributed by atoms with Crippen molar-refractivity contribution in [3.8, 4) is 5.75 Å². The molecule has 122 valence electrons. The summed E-state index contributed by atoms with van der Waals surface area (Å²) in [6.45, 7) is 2.44. The fourth-order valence-electron chi connectivity index (χ4n) is 8.29. The highest BCUT2D eigenvalue weighted by molar-refractivity contribution is 5.45. The number of aryl methyl sites for hydroxylation is 1. The molecule has 1 N–H and O–H groups in total. The zero-order chi connectivity index (χ0) is 15.6. The van der Waals surface area contributed by atoms with Crippen LogP contribution in [-0.2, 0) is 6.42 Å². The van der Waals surface area contributed by atoms with Crippen molar-refractivity contribution < 1.29 is 9.84 Å². The zero-order valence-corrected chi connectivity index (χ0v) is 14.1. The minimum atomic E-state index is -0.280. The van der Waals surface area contributed by atoms with Crippen LogP contribution in [0.2, 0.25) is 0 Å². The quantitative estimate of drug-likeness (QED) is 0.852. The summed E-state index contributed by atoms with van der Waals surface area (Å²) in [5.74, 6) is 3.80. The van der Waals surface area contributed by atoms with Crippen LogP contribution in [0.25, 0.3) is 0 Å². The summed E-state index contributed by atoms with van der Waals surface area (Å²) in [6, 6.07) is 6.76. The molecule has 7 atom stereocenters. The SMILES string of the molecule is COc1ccc2c(c1)CC[C@H]1[C@@H]2CC[C@@]2(C)C13C[C@@H]1[C@H](C3)C12O. The van der Waals surface area contributed by atoms with Crippen LogP contribution in [0.3, 0.4) is 0 Å². The average Bonchev–Trinajstić information content (AvgIpc) is 2.89. The number of methoxy groups -OCH3 is 1. The topological polar surface area (TPSA) is 29.5 Å². The highest BCUT2D eigenvalue weighted by atomic mass is 16.5. The molecule has 0 amide bonds. The van der Waals surface area contributed by atoms with Gasteiger partial charge in [0.25, 0.3) is 0 Å². The van der Waals surface area contributed by atoms with E-state index in [2.05, 4.69) is 25.1 Å². The number of hydrogen-bond donors (Lipinski definition) is 1. The third kappa shape index (κ3) is 1.15. The Morgan fingerprint density at radius 2 is 1.91 bits per heavy atom. The minimum Gasteiger partial charge on any atom is -0.497 e. The maximum atomic E-state index is 11.3. The monoisotopic (exact) mass is 310 g/mol. The second kappa shape index (κ2) is 3.64. The number of aliphatic hydroxyl groups is 1. The van der Waals surface area contributed by atoms with E-state index in [4.69, 9.17) is 4.74 Å². The second-order valence-electron chi connectivity index (χ2n) is 9.29. The molecule has 7 rings (SSSR count). The Labute approximate surface area is 138 Å². The molecule has 0 aliphatic heterocycles. The fraction of sp³-hybridized carbons (Fsp3) is 0.714. The van der Waals surface area contributed by atoms with Crippen molar-refractivity contribution in [3.05, 3.63) is 29.3 Å². The minimum absolute atomic E-state index is 0.209. The number of benzene rings is 1. The van der Waals surface area contributed by atoms with Gasteiger partial charge in [0.15, 0.2) is 0 Å². The summed E-state index contributed by atoms with van der Waals surface area (Å²) < 4.78 is 5.43. The third-order valence-corrected chi connectivity index (χ3v) is 9.28. The van der Waals surface area contributed by atoms with Gasteiger partial charge in [-0.15, -0.1) is 0 Å². The van der Waals surface area contributed by atoms with E-state index in [0.29, 0.717) is 17.3 Å². The van der Waals surface area contributed by atoms with Crippen molar-refractivity contribution in [1.29, 1.82) is 0 Å². The Morgan fingerprint density at radius 3 is 2.65 bits per heavy atom. The lowest BCUT2D eigenvalue weighted by Gasteiger charge is -2.56. The summed E-state index contributed by atoms with van der Waals surface area (Å²) in [5, 5.41) is 11.3. The molecular weight excluding hydrogens is 284 g/mol. The van der Waals surface area contributed by atoms with E-state index in [0.717, 1.165) is 17.6 Å². The number of hydrogen-bond acceptors (Lipinski definition) is 2. The summed E-state index contributed by atoms with van der Waals surface area (Å²) >= 11 is 0. The molecule has 0 heterocycles. The van der Waals surface area contributed by atoms with Crippen molar-refractivity contribution in [2.75, 3.05) is 7.11 Å². The van der Waals surface area contributed by atoms with E-state index < -0.39 is 0 Å². The largest absolute Gasteiger partial charge is 0.497 e. The van der Waals surface area contributed by atoms with Crippen LogP contribution in [0.4, 0.5) is 0 Å². The summed E-state index contributed by atoms with van der Waals surface area (Å²) in [7, 11) is 1.76. The van der Waals surface area contributed by atoms with Crippen molar-refractivity contribution in [1.82, 2.24) is 0 Å². The molecule has 6 aliphatic carbocycles. The Balaban J connectivity index is 1.46.